The van der Waals surface area contributed by atoms with Gasteiger partial charge in [-0.05, 0) is 43.5 Å². The summed E-state index contributed by atoms with van der Waals surface area (Å²) >= 11 is 0. The van der Waals surface area contributed by atoms with Crippen molar-refractivity contribution < 1.29 is 27.5 Å². The van der Waals surface area contributed by atoms with Gasteiger partial charge >= 0.3 is 18.1 Å². The molecule has 1 aliphatic carbocycles. The lowest BCUT2D eigenvalue weighted by Gasteiger charge is -2.42. The fourth-order valence-corrected chi connectivity index (χ4v) is 5.04. The first-order valence-electron chi connectivity index (χ1n) is 11.5. The van der Waals surface area contributed by atoms with Crippen molar-refractivity contribution in [3.63, 3.8) is 0 Å². The number of hydrogen-bond donors (Lipinski definition) is 0. The molecule has 1 heterocycles. The summed E-state index contributed by atoms with van der Waals surface area (Å²) in [5.74, 6) is -2.60. The second-order valence-corrected chi connectivity index (χ2v) is 9.28. The second kappa shape index (κ2) is 9.78. The van der Waals surface area contributed by atoms with Gasteiger partial charge < -0.3 is 9.64 Å². The third kappa shape index (κ3) is 5.27. The van der Waals surface area contributed by atoms with Crippen molar-refractivity contribution in [1.82, 2.24) is 9.80 Å². The zero-order valence-electron chi connectivity index (χ0n) is 19.1. The van der Waals surface area contributed by atoms with Crippen LogP contribution in [0, 0.1) is 5.41 Å². The highest BCUT2D eigenvalue weighted by atomic mass is 19.4. The van der Waals surface area contributed by atoms with Crippen molar-refractivity contribution in [2.24, 2.45) is 5.41 Å². The van der Waals surface area contributed by atoms with Crippen LogP contribution in [0.15, 0.2) is 60.7 Å². The van der Waals surface area contributed by atoms with Crippen molar-refractivity contribution in [3.05, 3.63) is 71.8 Å². The van der Waals surface area contributed by atoms with Crippen LogP contribution in [0.2, 0.25) is 0 Å². The molecule has 34 heavy (non-hydrogen) atoms. The Labute approximate surface area is 197 Å². The van der Waals surface area contributed by atoms with Gasteiger partial charge in [0.15, 0.2) is 0 Å². The molecule has 2 aliphatic rings. The van der Waals surface area contributed by atoms with E-state index in [1.165, 1.54) is 7.11 Å². The molecule has 182 valence electrons. The standard InChI is InChI=1S/C26H29F3N2O3/c1-34-24(33)25(12-14-30(15-13-25)17-19-8-4-2-5-9-19)18-31(23(32)26(27,28)29)22-16-21(22)20-10-6-3-7-11-20/h2-11,21-22H,12-18H2,1H3. The molecule has 1 aliphatic heterocycles. The van der Waals surface area contributed by atoms with E-state index in [1.807, 2.05) is 60.7 Å². The number of ether oxygens (including phenoxy) is 1. The summed E-state index contributed by atoms with van der Waals surface area (Å²) in [5.41, 5.74) is 0.870. The van der Waals surface area contributed by atoms with Crippen molar-refractivity contribution in [3.8, 4) is 0 Å². The number of hydrogen-bond acceptors (Lipinski definition) is 4. The minimum atomic E-state index is -5.00. The lowest BCUT2D eigenvalue weighted by molar-refractivity contribution is -0.189. The molecule has 8 heteroatoms. The minimum Gasteiger partial charge on any atom is -0.469 e. The topological polar surface area (TPSA) is 49.9 Å². The SMILES string of the molecule is COC(=O)C1(CN(C(=O)C(F)(F)F)C2CC2c2ccccc2)CCN(Cc2ccccc2)CC1. The first-order chi connectivity index (χ1) is 16.2. The number of halogens is 3. The number of esters is 1. The molecule has 1 amide bonds. The van der Waals surface area contributed by atoms with E-state index in [4.69, 9.17) is 4.74 Å². The Kier molecular flexibility index (Phi) is 6.98. The Morgan fingerprint density at radius 3 is 2.18 bits per heavy atom. The molecule has 0 aromatic heterocycles. The third-order valence-electron chi connectivity index (χ3n) is 7.04. The number of nitrogens with zero attached hydrogens (tertiary/aromatic N) is 2. The number of amides is 1. The van der Waals surface area contributed by atoms with Gasteiger partial charge in [-0.25, -0.2) is 0 Å². The van der Waals surface area contributed by atoms with E-state index >= 15 is 0 Å². The number of carbonyl (C=O) groups excluding carboxylic acids is 2. The molecule has 2 atom stereocenters. The monoisotopic (exact) mass is 474 g/mol. The van der Waals surface area contributed by atoms with Crippen LogP contribution in [-0.2, 0) is 20.9 Å². The van der Waals surface area contributed by atoms with Gasteiger partial charge in [0.1, 0.15) is 0 Å². The largest absolute Gasteiger partial charge is 0.471 e. The second-order valence-electron chi connectivity index (χ2n) is 9.28. The normalized spacial score (nSPS) is 22.1. The maximum absolute atomic E-state index is 13.6. The number of carbonyl (C=O) groups is 2. The average Bonchev–Trinajstić information content (AvgIpc) is 3.64. The molecule has 1 saturated heterocycles. The molecular weight excluding hydrogens is 445 g/mol. The van der Waals surface area contributed by atoms with Crippen molar-refractivity contribution in [1.29, 1.82) is 0 Å². The van der Waals surface area contributed by atoms with Gasteiger partial charge in [0.05, 0.1) is 12.5 Å². The van der Waals surface area contributed by atoms with E-state index in [0.29, 0.717) is 38.9 Å². The van der Waals surface area contributed by atoms with Gasteiger partial charge in [0.2, 0.25) is 0 Å². The Balaban J connectivity index is 1.52. The van der Waals surface area contributed by atoms with Crippen LogP contribution >= 0.6 is 0 Å². The summed E-state index contributed by atoms with van der Waals surface area (Å²) in [4.78, 5) is 28.5. The zero-order valence-corrected chi connectivity index (χ0v) is 19.1. The molecule has 0 bridgehead atoms. The Morgan fingerprint density at radius 1 is 1.03 bits per heavy atom. The van der Waals surface area contributed by atoms with Crippen LogP contribution in [0.3, 0.4) is 0 Å². The molecule has 0 spiro atoms. The lowest BCUT2D eigenvalue weighted by atomic mass is 9.77. The smallest absolute Gasteiger partial charge is 0.469 e. The summed E-state index contributed by atoms with van der Waals surface area (Å²) in [7, 11) is 1.25. The minimum absolute atomic E-state index is 0.166. The van der Waals surface area contributed by atoms with Gasteiger partial charge in [0, 0.05) is 25.0 Å². The molecule has 0 N–H and O–H groups in total. The average molecular weight is 475 g/mol. The van der Waals surface area contributed by atoms with Crippen LogP contribution in [0.25, 0.3) is 0 Å². The van der Waals surface area contributed by atoms with E-state index in [0.717, 1.165) is 16.0 Å². The number of piperidine rings is 1. The third-order valence-corrected chi connectivity index (χ3v) is 7.04. The van der Waals surface area contributed by atoms with E-state index in [2.05, 4.69) is 4.90 Å². The van der Waals surface area contributed by atoms with Crippen LogP contribution in [0.4, 0.5) is 13.2 Å². The van der Waals surface area contributed by atoms with Gasteiger partial charge in [-0.3, -0.25) is 14.5 Å². The van der Waals surface area contributed by atoms with E-state index in [-0.39, 0.29) is 12.5 Å². The molecule has 4 rings (SSSR count). The lowest BCUT2D eigenvalue weighted by Crippen LogP contribution is -2.54. The summed E-state index contributed by atoms with van der Waals surface area (Å²) in [5, 5.41) is 0. The van der Waals surface area contributed by atoms with Gasteiger partial charge in [-0.15, -0.1) is 0 Å². The van der Waals surface area contributed by atoms with E-state index in [9.17, 15) is 22.8 Å². The quantitative estimate of drug-likeness (QED) is 0.559. The molecular formula is C26H29F3N2O3. The number of likely N-dealkylation sites (tertiary alicyclic amines) is 1. The summed E-state index contributed by atoms with van der Waals surface area (Å²) in [6.45, 7) is 1.48. The van der Waals surface area contributed by atoms with Gasteiger partial charge in [0.25, 0.3) is 0 Å². The molecule has 2 aromatic rings. The highest BCUT2D eigenvalue weighted by Crippen LogP contribution is 2.48. The van der Waals surface area contributed by atoms with Crippen LogP contribution in [0.1, 0.15) is 36.3 Å². The van der Waals surface area contributed by atoms with Crippen molar-refractivity contribution in [2.45, 2.75) is 43.9 Å². The zero-order chi connectivity index (χ0) is 24.3. The maximum Gasteiger partial charge on any atom is 0.471 e. The van der Waals surface area contributed by atoms with Crippen molar-refractivity contribution >= 4 is 11.9 Å². The first kappa shape index (κ1) is 24.3. The van der Waals surface area contributed by atoms with E-state index in [1.54, 1.807) is 0 Å². The van der Waals surface area contributed by atoms with Gasteiger partial charge in [-0.1, -0.05) is 60.7 Å². The van der Waals surface area contributed by atoms with Crippen LogP contribution in [-0.4, -0.2) is 60.6 Å². The molecule has 2 aromatic carbocycles. The predicted molar refractivity (Wildman–Crippen MR) is 121 cm³/mol. The molecule has 2 unspecified atom stereocenters. The number of rotatable bonds is 7. The Morgan fingerprint density at radius 2 is 1.62 bits per heavy atom. The van der Waals surface area contributed by atoms with Crippen molar-refractivity contribution in [2.75, 3.05) is 26.7 Å². The van der Waals surface area contributed by atoms with Gasteiger partial charge in [-0.2, -0.15) is 13.2 Å². The van der Waals surface area contributed by atoms with Crippen LogP contribution < -0.4 is 0 Å². The number of methoxy groups -OCH3 is 1. The summed E-state index contributed by atoms with van der Waals surface area (Å²) < 4.78 is 45.8. The van der Waals surface area contributed by atoms with Crippen LogP contribution in [0.5, 0.6) is 0 Å². The molecule has 1 saturated carbocycles. The Hall–Kier alpha value is -2.87. The predicted octanol–water partition coefficient (Wildman–Crippen LogP) is 4.39. The fourth-order valence-electron chi connectivity index (χ4n) is 5.04. The molecule has 2 fully saturated rings. The number of benzene rings is 2. The highest BCUT2D eigenvalue weighted by molar-refractivity contribution is 5.84. The maximum atomic E-state index is 13.6. The number of alkyl halides is 3. The molecule has 0 radical (unpaired) electrons. The Bertz CT molecular complexity index is 989. The molecule has 5 nitrogen and oxygen atoms in total. The fraction of sp³-hybridized carbons (Fsp3) is 0.462. The first-order valence-corrected chi connectivity index (χ1v) is 11.5. The highest BCUT2D eigenvalue weighted by Gasteiger charge is 2.55. The van der Waals surface area contributed by atoms with E-state index < -0.39 is 29.5 Å². The summed E-state index contributed by atoms with van der Waals surface area (Å²) in [6.07, 6.45) is -3.90. The summed E-state index contributed by atoms with van der Waals surface area (Å²) in [6, 6.07) is 18.5.